The number of amides is 1. The van der Waals surface area contributed by atoms with Crippen LogP contribution in [0.25, 0.3) is 0 Å². The van der Waals surface area contributed by atoms with E-state index in [4.69, 9.17) is 4.74 Å². The number of likely N-dealkylation sites (tertiary alicyclic amines) is 1. The van der Waals surface area contributed by atoms with Gasteiger partial charge in [0.1, 0.15) is 5.60 Å². The van der Waals surface area contributed by atoms with E-state index in [9.17, 15) is 4.79 Å². The SMILES string of the molecule is S.[CH2-]C1CCCN(C(=O)OC(C)(C)C)C1.[I-].[Zn+2]. The van der Waals surface area contributed by atoms with Crippen molar-refractivity contribution in [2.75, 3.05) is 13.1 Å². The second kappa shape index (κ2) is 9.85. The van der Waals surface area contributed by atoms with Crippen LogP contribution in [0.5, 0.6) is 0 Å². The fourth-order valence-corrected chi connectivity index (χ4v) is 1.56. The number of halogens is 1. The zero-order chi connectivity index (χ0) is 10.8. The van der Waals surface area contributed by atoms with E-state index in [-0.39, 0.29) is 63.0 Å². The summed E-state index contributed by atoms with van der Waals surface area (Å²) < 4.78 is 5.28. The fourth-order valence-electron chi connectivity index (χ4n) is 1.56. The molecule has 0 spiro atoms. The van der Waals surface area contributed by atoms with Gasteiger partial charge in [-0.05, 0) is 33.7 Å². The van der Waals surface area contributed by atoms with Crippen LogP contribution in [0.4, 0.5) is 4.79 Å². The van der Waals surface area contributed by atoms with Gasteiger partial charge < -0.3 is 40.5 Å². The van der Waals surface area contributed by atoms with E-state index < -0.39 is 5.60 Å². The minimum Gasteiger partial charge on any atom is -1.00 e. The van der Waals surface area contributed by atoms with Gasteiger partial charge in [-0.2, -0.15) is 19.4 Å². The van der Waals surface area contributed by atoms with Gasteiger partial charge in [-0.1, -0.05) is 6.42 Å². The third-order valence-corrected chi connectivity index (χ3v) is 2.17. The molecule has 1 amide bonds. The number of carbonyl (C=O) groups is 1. The van der Waals surface area contributed by atoms with Crippen molar-refractivity contribution in [2.24, 2.45) is 5.92 Å². The number of hydrogen-bond donors (Lipinski definition) is 0. The molecule has 1 aliphatic rings. The summed E-state index contributed by atoms with van der Waals surface area (Å²) in [6.45, 7) is 11.2. The number of nitrogens with zero attached hydrogens (tertiary/aromatic N) is 1. The van der Waals surface area contributed by atoms with Crippen LogP contribution in [-0.4, -0.2) is 29.7 Å². The molecule has 98 valence electrons. The zero-order valence-electron chi connectivity index (χ0n) is 11.0. The maximum Gasteiger partial charge on any atom is 2.00 e. The van der Waals surface area contributed by atoms with Gasteiger partial charge in [-0.3, -0.25) is 0 Å². The van der Waals surface area contributed by atoms with E-state index in [1.54, 1.807) is 4.90 Å². The first-order valence-electron chi connectivity index (χ1n) is 5.19. The first-order valence-corrected chi connectivity index (χ1v) is 5.19. The molecule has 6 heteroatoms. The van der Waals surface area contributed by atoms with Gasteiger partial charge in [0.25, 0.3) is 0 Å². The minimum atomic E-state index is -0.398. The number of carbonyl (C=O) groups excluding carboxylic acids is 1. The second-order valence-corrected chi connectivity index (χ2v) is 4.93. The first kappa shape index (κ1) is 23.1. The molecule has 0 bridgehead atoms. The summed E-state index contributed by atoms with van der Waals surface area (Å²) in [5.74, 6) is 0.358. The van der Waals surface area contributed by atoms with Gasteiger partial charge in [0.05, 0.1) is 0 Å². The molecule has 3 nitrogen and oxygen atoms in total. The van der Waals surface area contributed by atoms with Gasteiger partial charge in [0.15, 0.2) is 0 Å². The van der Waals surface area contributed by atoms with Gasteiger partial charge in [-0.25, -0.2) is 4.79 Å². The molecule has 0 aromatic carbocycles. The molecular weight excluding hydrogens is 402 g/mol. The van der Waals surface area contributed by atoms with Crippen LogP contribution in [0.15, 0.2) is 0 Å². The molecule has 1 saturated heterocycles. The van der Waals surface area contributed by atoms with Crippen molar-refractivity contribution in [3.05, 3.63) is 6.92 Å². The maximum atomic E-state index is 11.6. The van der Waals surface area contributed by atoms with Gasteiger partial charge in [0.2, 0.25) is 0 Å². The van der Waals surface area contributed by atoms with Gasteiger partial charge in [0, 0.05) is 6.54 Å². The molecule has 0 N–H and O–H groups in total. The van der Waals surface area contributed by atoms with Crippen molar-refractivity contribution in [3.63, 3.8) is 0 Å². The van der Waals surface area contributed by atoms with Gasteiger partial charge in [-0.15, -0.1) is 0 Å². The predicted molar refractivity (Wildman–Crippen MR) is 66.3 cm³/mol. The summed E-state index contributed by atoms with van der Waals surface area (Å²) in [5.41, 5.74) is -0.398. The van der Waals surface area contributed by atoms with Gasteiger partial charge >= 0.3 is 25.6 Å². The number of ether oxygens (including phenoxy) is 1. The summed E-state index contributed by atoms with van der Waals surface area (Å²) in [6, 6.07) is 0. The van der Waals surface area contributed by atoms with Crippen LogP contribution in [0, 0.1) is 12.8 Å². The molecular formula is C11H22INO2SZn. The molecule has 0 aromatic rings. The largest absolute Gasteiger partial charge is 2.00 e. The Bertz CT molecular complexity index is 224. The van der Waals surface area contributed by atoms with Crippen molar-refractivity contribution in [1.29, 1.82) is 0 Å². The smallest absolute Gasteiger partial charge is 1.00 e. The van der Waals surface area contributed by atoms with Crippen LogP contribution in [0.1, 0.15) is 33.6 Å². The third-order valence-electron chi connectivity index (χ3n) is 2.17. The van der Waals surface area contributed by atoms with Crippen molar-refractivity contribution in [3.8, 4) is 0 Å². The van der Waals surface area contributed by atoms with Crippen LogP contribution < -0.4 is 24.0 Å². The first-order chi connectivity index (χ1) is 6.38. The van der Waals surface area contributed by atoms with Crippen molar-refractivity contribution < 1.29 is 53.0 Å². The Balaban J connectivity index is -0.000000653. The quantitative estimate of drug-likeness (QED) is 0.300. The Labute approximate surface area is 142 Å². The monoisotopic (exact) mass is 423 g/mol. The molecule has 0 saturated carbocycles. The van der Waals surface area contributed by atoms with E-state index in [2.05, 4.69) is 6.92 Å². The summed E-state index contributed by atoms with van der Waals surface area (Å²) in [5, 5.41) is 0. The van der Waals surface area contributed by atoms with Crippen molar-refractivity contribution in [2.45, 2.75) is 39.2 Å². The molecule has 1 unspecified atom stereocenters. The molecule has 1 fully saturated rings. The Morgan fingerprint density at radius 1 is 1.41 bits per heavy atom. The topological polar surface area (TPSA) is 29.5 Å². The van der Waals surface area contributed by atoms with Crippen LogP contribution >= 0.6 is 13.5 Å². The maximum absolute atomic E-state index is 11.6. The Kier molecular flexibility index (Phi) is 13.4. The van der Waals surface area contributed by atoms with Crippen LogP contribution in [0.3, 0.4) is 0 Å². The van der Waals surface area contributed by atoms with E-state index in [1.807, 2.05) is 20.8 Å². The molecule has 0 aromatic heterocycles. The Morgan fingerprint density at radius 3 is 2.35 bits per heavy atom. The van der Waals surface area contributed by atoms with E-state index in [0.717, 1.165) is 25.9 Å². The van der Waals surface area contributed by atoms with Crippen LogP contribution in [-0.2, 0) is 24.2 Å². The molecule has 1 heterocycles. The van der Waals surface area contributed by atoms with Crippen LogP contribution in [0.2, 0.25) is 0 Å². The van der Waals surface area contributed by atoms with E-state index >= 15 is 0 Å². The summed E-state index contributed by atoms with van der Waals surface area (Å²) in [4.78, 5) is 13.4. The van der Waals surface area contributed by atoms with Crippen molar-refractivity contribution >= 4 is 19.6 Å². The molecule has 1 atom stereocenters. The molecule has 17 heavy (non-hydrogen) atoms. The Morgan fingerprint density at radius 2 is 1.94 bits per heavy atom. The number of rotatable bonds is 0. The fraction of sp³-hybridized carbons (Fsp3) is 0.818. The van der Waals surface area contributed by atoms with E-state index in [0.29, 0.717) is 5.92 Å². The predicted octanol–water partition coefficient (Wildman–Crippen LogP) is -0.418. The number of piperidine rings is 1. The minimum absolute atomic E-state index is 0. The summed E-state index contributed by atoms with van der Waals surface area (Å²) >= 11 is 0. The third kappa shape index (κ3) is 9.54. The normalized spacial score (nSPS) is 19.3. The average molecular weight is 425 g/mol. The Hall–Kier alpha value is 0.973. The molecule has 1 aliphatic heterocycles. The summed E-state index contributed by atoms with van der Waals surface area (Å²) in [6.07, 6.45) is 1.94. The van der Waals surface area contributed by atoms with E-state index in [1.165, 1.54) is 0 Å². The number of hydrogen-bond acceptors (Lipinski definition) is 2. The zero-order valence-corrected chi connectivity index (χ0v) is 17.1. The van der Waals surface area contributed by atoms with Crippen molar-refractivity contribution in [1.82, 2.24) is 4.90 Å². The standard InChI is InChI=1S/C11H20NO2.HI.H2S.Zn/c1-9-6-5-7-12(8-9)10(13)14-11(2,3)4;;;/h9H,1,5-8H2,2-4H3;1H;1H2;/q-1;;;+2/p-1. The molecule has 0 aliphatic carbocycles. The molecule has 0 radical (unpaired) electrons. The average Bonchev–Trinajstić information content (AvgIpc) is 2.01. The second-order valence-electron chi connectivity index (χ2n) is 4.93. The molecule has 1 rings (SSSR count). The summed E-state index contributed by atoms with van der Waals surface area (Å²) in [7, 11) is 0.